The molecule has 2 amide bonds. The van der Waals surface area contributed by atoms with Crippen LogP contribution in [0.15, 0.2) is 42.5 Å². The van der Waals surface area contributed by atoms with Crippen LogP contribution in [-0.4, -0.2) is 49.1 Å². The van der Waals surface area contributed by atoms with Crippen molar-refractivity contribution < 1.29 is 23.8 Å². The van der Waals surface area contributed by atoms with Gasteiger partial charge in [0.05, 0.1) is 6.54 Å². The third-order valence-corrected chi connectivity index (χ3v) is 4.55. The Balaban J connectivity index is 1.58. The van der Waals surface area contributed by atoms with Crippen LogP contribution in [0.4, 0.5) is 5.69 Å². The van der Waals surface area contributed by atoms with Crippen LogP contribution >= 0.6 is 11.6 Å². The first kappa shape index (κ1) is 20.8. The highest BCUT2D eigenvalue weighted by Crippen LogP contribution is 2.32. The Bertz CT molecular complexity index is 889. The fraction of sp³-hybridized carbons (Fsp3) is 0.333. The van der Waals surface area contributed by atoms with Gasteiger partial charge in [-0.1, -0.05) is 17.7 Å². The maximum Gasteiger partial charge on any atom is 0.263 e. The van der Waals surface area contributed by atoms with Crippen LogP contribution in [0.3, 0.4) is 0 Å². The average molecular weight is 419 g/mol. The molecule has 154 valence electrons. The Morgan fingerprint density at radius 1 is 1.17 bits per heavy atom. The summed E-state index contributed by atoms with van der Waals surface area (Å²) in [4.78, 5) is 26.6. The number of ether oxygens (including phenoxy) is 3. The summed E-state index contributed by atoms with van der Waals surface area (Å²) in [6, 6.07) is 12.0. The van der Waals surface area contributed by atoms with E-state index >= 15 is 0 Å². The van der Waals surface area contributed by atoms with Crippen molar-refractivity contribution >= 4 is 29.1 Å². The summed E-state index contributed by atoms with van der Waals surface area (Å²) in [5, 5.41) is 3.30. The van der Waals surface area contributed by atoms with Gasteiger partial charge in [0.1, 0.15) is 19.0 Å². The highest BCUT2D eigenvalue weighted by atomic mass is 35.5. The highest BCUT2D eigenvalue weighted by molar-refractivity contribution is 6.30. The van der Waals surface area contributed by atoms with E-state index in [-0.39, 0.29) is 18.4 Å². The molecule has 8 heteroatoms. The zero-order chi connectivity index (χ0) is 20.8. The third-order valence-electron chi connectivity index (χ3n) is 4.31. The maximum absolute atomic E-state index is 12.7. The van der Waals surface area contributed by atoms with Crippen LogP contribution in [-0.2, 0) is 9.59 Å². The number of hydrogen-bond acceptors (Lipinski definition) is 5. The van der Waals surface area contributed by atoms with Crippen molar-refractivity contribution in [2.75, 3.05) is 31.6 Å². The van der Waals surface area contributed by atoms with Crippen molar-refractivity contribution in [3.05, 3.63) is 47.5 Å². The lowest BCUT2D eigenvalue weighted by molar-refractivity contribution is -0.140. The predicted octanol–water partition coefficient (Wildman–Crippen LogP) is 3.37. The summed E-state index contributed by atoms with van der Waals surface area (Å²) in [6.45, 7) is 4.70. The molecular weight excluding hydrogens is 396 g/mol. The molecule has 0 radical (unpaired) electrons. The summed E-state index contributed by atoms with van der Waals surface area (Å²) in [5.41, 5.74) is 0.575. The van der Waals surface area contributed by atoms with Crippen LogP contribution in [0.25, 0.3) is 0 Å². The number of fused-ring (bicyclic) bond motifs is 1. The minimum Gasteiger partial charge on any atom is -0.486 e. The van der Waals surface area contributed by atoms with Gasteiger partial charge in [-0.25, -0.2) is 0 Å². The van der Waals surface area contributed by atoms with E-state index in [4.69, 9.17) is 25.8 Å². The third kappa shape index (κ3) is 5.54. The molecule has 7 nitrogen and oxygen atoms in total. The van der Waals surface area contributed by atoms with Gasteiger partial charge in [-0.2, -0.15) is 0 Å². The van der Waals surface area contributed by atoms with Crippen molar-refractivity contribution in [3.8, 4) is 17.2 Å². The molecule has 2 aromatic carbocycles. The first-order valence-corrected chi connectivity index (χ1v) is 9.74. The Morgan fingerprint density at radius 3 is 2.66 bits per heavy atom. The normalized spacial score (nSPS) is 13.3. The SMILES string of the molecule is CCN(CC(=O)Nc1ccc2c(c1)OCCO2)C(=O)[C@@H](C)Oc1cccc(Cl)c1. The lowest BCUT2D eigenvalue weighted by Gasteiger charge is -2.24. The summed E-state index contributed by atoms with van der Waals surface area (Å²) in [5.74, 6) is 1.12. The zero-order valence-electron chi connectivity index (χ0n) is 16.3. The maximum atomic E-state index is 12.7. The second-order valence-corrected chi connectivity index (χ2v) is 6.91. The van der Waals surface area contributed by atoms with Crippen LogP contribution in [0.1, 0.15) is 13.8 Å². The number of likely N-dealkylation sites (N-methyl/N-ethyl adjacent to an activating group) is 1. The van der Waals surface area contributed by atoms with Gasteiger partial charge in [0.15, 0.2) is 17.6 Å². The van der Waals surface area contributed by atoms with Crippen LogP contribution in [0.5, 0.6) is 17.2 Å². The smallest absolute Gasteiger partial charge is 0.263 e. The largest absolute Gasteiger partial charge is 0.486 e. The summed E-state index contributed by atoms with van der Waals surface area (Å²) in [6.07, 6.45) is -0.754. The molecule has 1 aliphatic rings. The first-order chi connectivity index (χ1) is 14.0. The summed E-state index contributed by atoms with van der Waals surface area (Å²) in [7, 11) is 0. The molecule has 1 atom stereocenters. The molecule has 29 heavy (non-hydrogen) atoms. The van der Waals surface area contributed by atoms with Crippen LogP contribution in [0, 0.1) is 0 Å². The van der Waals surface area contributed by atoms with Crippen LogP contribution in [0.2, 0.25) is 5.02 Å². The number of halogens is 1. The van der Waals surface area contributed by atoms with E-state index in [0.29, 0.717) is 47.7 Å². The van der Waals surface area contributed by atoms with Crippen molar-refractivity contribution in [1.82, 2.24) is 4.90 Å². The van der Waals surface area contributed by atoms with E-state index in [1.54, 1.807) is 56.3 Å². The lowest BCUT2D eigenvalue weighted by atomic mass is 10.2. The Morgan fingerprint density at radius 2 is 1.93 bits per heavy atom. The van der Waals surface area contributed by atoms with Crippen molar-refractivity contribution in [2.24, 2.45) is 0 Å². The molecule has 0 aliphatic carbocycles. The number of benzene rings is 2. The number of carbonyl (C=O) groups is 2. The molecule has 0 aromatic heterocycles. The summed E-state index contributed by atoms with van der Waals surface area (Å²) < 4.78 is 16.6. The monoisotopic (exact) mass is 418 g/mol. The first-order valence-electron chi connectivity index (χ1n) is 9.36. The molecule has 0 fully saturated rings. The minimum absolute atomic E-state index is 0.0903. The quantitative estimate of drug-likeness (QED) is 0.746. The lowest BCUT2D eigenvalue weighted by Crippen LogP contribution is -2.44. The molecule has 0 bridgehead atoms. The topological polar surface area (TPSA) is 77.1 Å². The zero-order valence-corrected chi connectivity index (χ0v) is 17.1. The number of amides is 2. The predicted molar refractivity (Wildman–Crippen MR) is 110 cm³/mol. The Labute approximate surface area is 174 Å². The van der Waals surface area contributed by atoms with Gasteiger partial charge >= 0.3 is 0 Å². The van der Waals surface area contributed by atoms with Gasteiger partial charge < -0.3 is 24.4 Å². The molecule has 1 heterocycles. The molecular formula is C21H23ClN2O5. The number of carbonyl (C=O) groups excluding carboxylic acids is 2. The number of nitrogens with one attached hydrogen (secondary N) is 1. The standard InChI is InChI=1S/C21H23ClN2O5/c1-3-24(21(26)14(2)29-17-6-4-5-15(22)11-17)13-20(25)23-16-7-8-18-19(12-16)28-10-9-27-18/h4-8,11-12,14H,3,9-10,13H2,1-2H3,(H,23,25)/t14-/m1/s1. The molecule has 2 aromatic rings. The van der Waals surface area contributed by atoms with Gasteiger partial charge in [0.25, 0.3) is 5.91 Å². The number of rotatable bonds is 7. The molecule has 1 N–H and O–H groups in total. The number of nitrogens with zero attached hydrogens (tertiary/aromatic N) is 1. The van der Waals surface area contributed by atoms with E-state index < -0.39 is 6.10 Å². The van der Waals surface area contributed by atoms with Gasteiger partial charge in [0, 0.05) is 23.3 Å². The fourth-order valence-corrected chi connectivity index (χ4v) is 3.07. The molecule has 1 aliphatic heterocycles. The Kier molecular flexibility index (Phi) is 6.82. The van der Waals surface area contributed by atoms with Crippen molar-refractivity contribution in [1.29, 1.82) is 0 Å². The van der Waals surface area contributed by atoms with E-state index in [1.807, 2.05) is 0 Å². The fourth-order valence-electron chi connectivity index (χ4n) is 2.89. The van der Waals surface area contributed by atoms with Gasteiger partial charge in [-0.3, -0.25) is 9.59 Å². The molecule has 3 rings (SSSR count). The van der Waals surface area contributed by atoms with Crippen LogP contribution < -0.4 is 19.5 Å². The number of hydrogen-bond donors (Lipinski definition) is 1. The highest BCUT2D eigenvalue weighted by Gasteiger charge is 2.23. The second kappa shape index (κ2) is 9.52. The Hall–Kier alpha value is -2.93. The molecule has 0 saturated heterocycles. The van der Waals surface area contributed by atoms with E-state index in [9.17, 15) is 9.59 Å². The van der Waals surface area contributed by atoms with Gasteiger partial charge in [0.2, 0.25) is 5.91 Å². The van der Waals surface area contributed by atoms with E-state index in [0.717, 1.165) is 0 Å². The molecule has 0 unspecified atom stereocenters. The molecule has 0 saturated carbocycles. The molecule has 0 spiro atoms. The summed E-state index contributed by atoms with van der Waals surface area (Å²) >= 11 is 5.94. The van der Waals surface area contributed by atoms with Gasteiger partial charge in [-0.05, 0) is 44.2 Å². The van der Waals surface area contributed by atoms with Gasteiger partial charge in [-0.15, -0.1) is 0 Å². The van der Waals surface area contributed by atoms with Crippen molar-refractivity contribution in [3.63, 3.8) is 0 Å². The van der Waals surface area contributed by atoms with E-state index in [1.165, 1.54) is 4.90 Å². The van der Waals surface area contributed by atoms with Crippen molar-refractivity contribution in [2.45, 2.75) is 20.0 Å². The van der Waals surface area contributed by atoms with E-state index in [2.05, 4.69) is 5.32 Å². The average Bonchev–Trinajstić information content (AvgIpc) is 2.71. The number of anilines is 1. The minimum atomic E-state index is -0.754. The second-order valence-electron chi connectivity index (χ2n) is 6.48.